The molecule has 0 aliphatic carbocycles. The monoisotopic (exact) mass is 193 g/mol. The van der Waals surface area contributed by atoms with Crippen LogP contribution in [0.5, 0.6) is 0 Å². The van der Waals surface area contributed by atoms with Crippen LogP contribution in [0, 0.1) is 10.1 Å². The van der Waals surface area contributed by atoms with Gasteiger partial charge >= 0.3 is 16.2 Å². The van der Waals surface area contributed by atoms with E-state index >= 15 is 0 Å². The Morgan fingerprint density at radius 2 is 2.25 bits per heavy atom. The summed E-state index contributed by atoms with van der Waals surface area (Å²) in [6.45, 7) is 0. The minimum absolute atomic E-state index is 0.213. The van der Waals surface area contributed by atoms with Crippen LogP contribution in [0.2, 0.25) is 0 Å². The molecule has 0 amide bonds. The molecule has 0 aliphatic heterocycles. The van der Waals surface area contributed by atoms with E-state index in [1.807, 2.05) is 0 Å². The number of nitrogens with zero attached hydrogens (tertiary/aromatic N) is 4. The second-order valence-corrected chi connectivity index (χ2v) is 3.12. The van der Waals surface area contributed by atoms with E-state index in [-0.39, 0.29) is 4.09 Å². The Hall–Kier alpha value is -1.55. The van der Waals surface area contributed by atoms with Crippen LogP contribution < -0.4 is 5.14 Å². The highest BCUT2D eigenvalue weighted by Crippen LogP contribution is 1.99. The average molecular weight is 193 g/mol. The lowest BCUT2D eigenvalue weighted by atomic mass is 11.1. The fourth-order valence-electron chi connectivity index (χ4n) is 0.447. The van der Waals surface area contributed by atoms with Crippen LogP contribution in [-0.4, -0.2) is 27.5 Å². The average Bonchev–Trinajstić information content (AvgIpc) is 2.30. The molecular weight excluding hydrogens is 190 g/mol. The molecule has 0 saturated carbocycles. The third-order valence-electron chi connectivity index (χ3n) is 0.884. The van der Waals surface area contributed by atoms with Crippen LogP contribution in [0.3, 0.4) is 0 Å². The molecule has 0 aromatic carbocycles. The molecule has 0 spiro atoms. The number of nitrogens with two attached hydrogens (primary N) is 1. The molecule has 0 atom stereocenters. The molecule has 9 nitrogen and oxygen atoms in total. The maximum atomic E-state index is 10.5. The molecule has 10 heteroatoms. The van der Waals surface area contributed by atoms with Crippen LogP contribution in [0.4, 0.5) is 5.95 Å². The SMILES string of the molecule is NS(=O)(=O)n1cnc([N+](=O)[O-])n1. The second-order valence-electron chi connectivity index (χ2n) is 1.72. The Morgan fingerprint density at radius 1 is 1.67 bits per heavy atom. The van der Waals surface area contributed by atoms with Gasteiger partial charge in [-0.05, 0) is 14.0 Å². The lowest BCUT2D eigenvalue weighted by molar-refractivity contribution is -0.394. The van der Waals surface area contributed by atoms with Gasteiger partial charge < -0.3 is 10.1 Å². The Bertz CT molecular complexity index is 405. The number of rotatable bonds is 2. The lowest BCUT2D eigenvalue weighted by Crippen LogP contribution is -2.22. The lowest BCUT2D eigenvalue weighted by Gasteiger charge is -1.87. The second kappa shape index (κ2) is 2.49. The van der Waals surface area contributed by atoms with E-state index in [1.54, 1.807) is 0 Å². The van der Waals surface area contributed by atoms with Crippen molar-refractivity contribution in [3.8, 4) is 0 Å². The summed E-state index contributed by atoms with van der Waals surface area (Å²) in [7, 11) is -4.08. The van der Waals surface area contributed by atoms with Crippen LogP contribution in [0.15, 0.2) is 6.33 Å². The fourth-order valence-corrected chi connectivity index (χ4v) is 0.812. The third-order valence-corrected chi connectivity index (χ3v) is 1.58. The highest BCUT2D eigenvalue weighted by molar-refractivity contribution is 7.87. The summed E-state index contributed by atoms with van der Waals surface area (Å²) >= 11 is 0. The van der Waals surface area contributed by atoms with Crippen LogP contribution in [0.1, 0.15) is 0 Å². The molecule has 0 unspecified atom stereocenters. The van der Waals surface area contributed by atoms with E-state index in [0.29, 0.717) is 6.33 Å². The molecule has 12 heavy (non-hydrogen) atoms. The molecule has 66 valence electrons. The first kappa shape index (κ1) is 8.55. The van der Waals surface area contributed by atoms with E-state index in [4.69, 9.17) is 0 Å². The van der Waals surface area contributed by atoms with Crippen LogP contribution >= 0.6 is 0 Å². The van der Waals surface area contributed by atoms with E-state index < -0.39 is 21.1 Å². The van der Waals surface area contributed by atoms with Gasteiger partial charge in [-0.1, -0.05) is 0 Å². The Balaban J connectivity index is 3.17. The van der Waals surface area contributed by atoms with Crippen molar-refractivity contribution in [1.29, 1.82) is 0 Å². The van der Waals surface area contributed by atoms with E-state index in [9.17, 15) is 18.5 Å². The van der Waals surface area contributed by atoms with Crippen molar-refractivity contribution in [2.45, 2.75) is 0 Å². The molecule has 0 saturated heterocycles. The number of hydrogen-bond acceptors (Lipinski definition) is 6. The zero-order valence-electron chi connectivity index (χ0n) is 5.48. The minimum Gasteiger partial charge on any atom is -0.390 e. The highest BCUT2D eigenvalue weighted by Gasteiger charge is 2.18. The van der Waals surface area contributed by atoms with Crippen molar-refractivity contribution < 1.29 is 13.3 Å². The molecule has 0 radical (unpaired) electrons. The Kier molecular flexibility index (Phi) is 1.78. The molecule has 1 aromatic heterocycles. The molecule has 1 heterocycles. The van der Waals surface area contributed by atoms with Crippen molar-refractivity contribution in [3.05, 3.63) is 16.4 Å². The van der Waals surface area contributed by atoms with Crippen molar-refractivity contribution in [3.63, 3.8) is 0 Å². The van der Waals surface area contributed by atoms with Crippen LogP contribution in [0.25, 0.3) is 0 Å². The number of hydrogen-bond donors (Lipinski definition) is 1. The molecule has 1 aromatic rings. The quantitative estimate of drug-likeness (QED) is 0.436. The van der Waals surface area contributed by atoms with E-state index in [0.717, 1.165) is 0 Å². The first-order valence-electron chi connectivity index (χ1n) is 2.50. The first-order chi connectivity index (χ1) is 5.41. The van der Waals surface area contributed by atoms with Crippen molar-refractivity contribution in [1.82, 2.24) is 14.2 Å². The summed E-state index contributed by atoms with van der Waals surface area (Å²) in [5.74, 6) is -0.816. The van der Waals surface area contributed by atoms with Crippen LogP contribution in [-0.2, 0) is 10.2 Å². The highest BCUT2D eigenvalue weighted by atomic mass is 32.2. The zero-order valence-corrected chi connectivity index (χ0v) is 6.30. The maximum absolute atomic E-state index is 10.5. The van der Waals surface area contributed by atoms with Crippen molar-refractivity contribution in [2.75, 3.05) is 0 Å². The summed E-state index contributed by atoms with van der Waals surface area (Å²) in [6, 6.07) is 0. The van der Waals surface area contributed by atoms with Gasteiger partial charge in [-0.25, -0.2) is 5.14 Å². The molecule has 0 fully saturated rings. The summed E-state index contributed by atoms with van der Waals surface area (Å²) in [6.07, 6.45) is 0.646. The summed E-state index contributed by atoms with van der Waals surface area (Å²) in [5.41, 5.74) is 0. The molecule has 2 N–H and O–H groups in total. The topological polar surface area (TPSA) is 134 Å². The maximum Gasteiger partial charge on any atom is 0.492 e. The van der Waals surface area contributed by atoms with Gasteiger partial charge in [0.1, 0.15) is 0 Å². The predicted molar refractivity (Wildman–Crippen MR) is 35.2 cm³/mol. The van der Waals surface area contributed by atoms with E-state index in [1.165, 1.54) is 0 Å². The summed E-state index contributed by atoms with van der Waals surface area (Å²) in [5, 5.41) is 17.5. The van der Waals surface area contributed by atoms with Gasteiger partial charge in [0.25, 0.3) is 0 Å². The summed E-state index contributed by atoms with van der Waals surface area (Å²) in [4.78, 5) is 12.1. The number of aromatic nitrogens is 3. The molecule has 0 aliphatic rings. The standard InChI is InChI=1S/C2H3N5O4S/c3-12(10,11)6-1-4-2(5-6)7(8)9/h1H,(H2,3,10,11). The van der Waals surface area contributed by atoms with Gasteiger partial charge in [0.2, 0.25) is 6.33 Å². The van der Waals surface area contributed by atoms with Gasteiger partial charge in [-0.15, -0.1) is 0 Å². The first-order valence-corrected chi connectivity index (χ1v) is 4.01. The largest absolute Gasteiger partial charge is 0.492 e. The number of nitro groups is 1. The van der Waals surface area contributed by atoms with Gasteiger partial charge in [-0.2, -0.15) is 8.42 Å². The van der Waals surface area contributed by atoms with Gasteiger partial charge in [0.15, 0.2) is 0 Å². The molecule has 1 rings (SSSR count). The van der Waals surface area contributed by atoms with Gasteiger partial charge in [0, 0.05) is 5.10 Å². The van der Waals surface area contributed by atoms with Gasteiger partial charge in [0.05, 0.1) is 0 Å². The van der Waals surface area contributed by atoms with Crippen molar-refractivity contribution >= 4 is 16.2 Å². The minimum atomic E-state index is -4.08. The van der Waals surface area contributed by atoms with E-state index in [2.05, 4.69) is 15.2 Å². The predicted octanol–water partition coefficient (Wildman–Crippen LogP) is -1.76. The Morgan fingerprint density at radius 3 is 2.50 bits per heavy atom. The summed E-state index contributed by atoms with van der Waals surface area (Å²) < 4.78 is 21.2. The molecular formula is C2H3N5O4S. The molecule has 0 bridgehead atoms. The van der Waals surface area contributed by atoms with Crippen molar-refractivity contribution in [2.24, 2.45) is 5.14 Å². The smallest absolute Gasteiger partial charge is 0.390 e. The fraction of sp³-hybridized carbons (Fsp3) is 0. The normalized spacial score (nSPS) is 11.4. The third kappa shape index (κ3) is 1.54. The Labute approximate surface area is 66.1 Å². The van der Waals surface area contributed by atoms with Gasteiger partial charge in [-0.3, -0.25) is 0 Å². The zero-order chi connectivity index (χ0) is 9.35.